The first-order valence-electron chi connectivity index (χ1n) is 6.57. The Morgan fingerprint density at radius 3 is 1.71 bits per heavy atom. The second-order valence-corrected chi connectivity index (χ2v) is 5.04. The number of amides is 1. The average Bonchev–Trinajstić information content (AvgIpc) is 2.55. The Kier molecular flexibility index (Phi) is 5.27. The van der Waals surface area contributed by atoms with E-state index in [1.807, 2.05) is 0 Å². The number of nitro benzene ring substituents is 2. The predicted molar refractivity (Wildman–Crippen MR) is 88.1 cm³/mol. The minimum Gasteiger partial charge on any atom is -0.362 e. The highest BCUT2D eigenvalue weighted by Crippen LogP contribution is 2.19. The third-order valence-corrected chi connectivity index (χ3v) is 3.25. The molecule has 9 nitrogen and oxygen atoms in total. The molecule has 1 amide bonds. The molecular formula is C14H11ClN4O5. The second kappa shape index (κ2) is 7.38. The van der Waals surface area contributed by atoms with E-state index < -0.39 is 21.3 Å². The first-order valence-corrected chi connectivity index (χ1v) is 7.01. The molecule has 0 aliphatic heterocycles. The standard InChI is InChI=1S/C14H11ClN4O5/c15-13(16-9-1-5-11(6-2-9)18(21)22)14(20)17-10-3-7-12(8-4-10)19(23)24/h1-8,13,16H,(H,17,20). The molecule has 0 saturated heterocycles. The number of non-ortho nitro benzene ring substituents is 2. The minimum atomic E-state index is -1.14. The van der Waals surface area contributed by atoms with E-state index in [-0.39, 0.29) is 11.4 Å². The quantitative estimate of drug-likeness (QED) is 0.356. The summed E-state index contributed by atoms with van der Waals surface area (Å²) in [6, 6.07) is 10.7. The van der Waals surface area contributed by atoms with Gasteiger partial charge in [-0.3, -0.25) is 25.0 Å². The van der Waals surface area contributed by atoms with Gasteiger partial charge in [0.2, 0.25) is 0 Å². The van der Waals surface area contributed by atoms with Gasteiger partial charge in [-0.25, -0.2) is 0 Å². The van der Waals surface area contributed by atoms with Crippen LogP contribution in [0, 0.1) is 20.2 Å². The van der Waals surface area contributed by atoms with Crippen molar-refractivity contribution in [1.29, 1.82) is 0 Å². The molecule has 1 unspecified atom stereocenters. The van der Waals surface area contributed by atoms with Gasteiger partial charge in [-0.1, -0.05) is 11.6 Å². The molecule has 2 N–H and O–H groups in total. The number of nitrogens with one attached hydrogen (secondary N) is 2. The lowest BCUT2D eigenvalue weighted by atomic mass is 10.2. The average molecular weight is 351 g/mol. The number of halogens is 1. The topological polar surface area (TPSA) is 127 Å². The zero-order valence-corrected chi connectivity index (χ0v) is 12.8. The lowest BCUT2D eigenvalue weighted by Crippen LogP contribution is -2.29. The molecule has 2 aromatic rings. The fraction of sp³-hybridized carbons (Fsp3) is 0.0714. The fourth-order valence-electron chi connectivity index (χ4n) is 1.76. The molecule has 2 rings (SSSR count). The predicted octanol–water partition coefficient (Wildman–Crippen LogP) is 3.12. The number of rotatable bonds is 6. The Labute approximate surface area is 140 Å². The molecule has 0 spiro atoms. The lowest BCUT2D eigenvalue weighted by molar-refractivity contribution is -0.385. The van der Waals surface area contributed by atoms with E-state index in [1.165, 1.54) is 48.5 Å². The SMILES string of the molecule is O=C(Nc1ccc([N+](=O)[O-])cc1)C(Cl)Nc1ccc([N+](=O)[O-])cc1. The summed E-state index contributed by atoms with van der Waals surface area (Å²) in [6.45, 7) is 0. The number of nitro groups is 2. The van der Waals surface area contributed by atoms with Crippen LogP contribution >= 0.6 is 11.6 Å². The van der Waals surface area contributed by atoms with Gasteiger partial charge in [-0.15, -0.1) is 0 Å². The number of nitrogens with zero attached hydrogens (tertiary/aromatic N) is 2. The Bertz CT molecular complexity index is 764. The van der Waals surface area contributed by atoms with Crippen LogP contribution in [0.2, 0.25) is 0 Å². The van der Waals surface area contributed by atoms with Crippen molar-refractivity contribution in [2.24, 2.45) is 0 Å². The van der Waals surface area contributed by atoms with Gasteiger partial charge < -0.3 is 10.6 Å². The van der Waals surface area contributed by atoms with Crippen molar-refractivity contribution in [2.75, 3.05) is 10.6 Å². The van der Waals surface area contributed by atoms with Crippen LogP contribution in [0.4, 0.5) is 22.7 Å². The summed E-state index contributed by atoms with van der Waals surface area (Å²) in [4.78, 5) is 32.0. The highest BCUT2D eigenvalue weighted by molar-refractivity contribution is 6.33. The van der Waals surface area contributed by atoms with Crippen molar-refractivity contribution in [3.05, 3.63) is 68.8 Å². The highest BCUT2D eigenvalue weighted by Gasteiger charge is 2.16. The fourth-order valence-corrected chi connectivity index (χ4v) is 1.94. The normalized spacial score (nSPS) is 11.4. The molecule has 0 heterocycles. The van der Waals surface area contributed by atoms with Crippen LogP contribution in [-0.2, 0) is 4.79 Å². The van der Waals surface area contributed by atoms with Crippen LogP contribution in [0.5, 0.6) is 0 Å². The molecule has 24 heavy (non-hydrogen) atoms. The zero-order chi connectivity index (χ0) is 17.7. The van der Waals surface area contributed by atoms with E-state index in [0.29, 0.717) is 11.4 Å². The van der Waals surface area contributed by atoms with Crippen LogP contribution in [0.25, 0.3) is 0 Å². The van der Waals surface area contributed by atoms with Crippen LogP contribution in [0.15, 0.2) is 48.5 Å². The second-order valence-electron chi connectivity index (χ2n) is 4.60. The van der Waals surface area contributed by atoms with Crippen molar-refractivity contribution >= 4 is 40.3 Å². The molecule has 0 radical (unpaired) electrons. The number of alkyl halides is 1. The monoisotopic (exact) mass is 350 g/mol. The highest BCUT2D eigenvalue weighted by atomic mass is 35.5. The molecule has 0 saturated carbocycles. The van der Waals surface area contributed by atoms with E-state index >= 15 is 0 Å². The summed E-state index contributed by atoms with van der Waals surface area (Å²) >= 11 is 5.93. The number of hydrogen-bond acceptors (Lipinski definition) is 6. The molecule has 0 fully saturated rings. The summed E-state index contributed by atoms with van der Waals surface area (Å²) in [7, 11) is 0. The van der Waals surface area contributed by atoms with Gasteiger partial charge in [0.1, 0.15) is 0 Å². The molecule has 0 bridgehead atoms. The van der Waals surface area contributed by atoms with Gasteiger partial charge in [0.25, 0.3) is 17.3 Å². The van der Waals surface area contributed by atoms with Crippen LogP contribution in [-0.4, -0.2) is 21.3 Å². The molecular weight excluding hydrogens is 340 g/mol. The smallest absolute Gasteiger partial charge is 0.269 e. The molecule has 10 heteroatoms. The number of carbonyl (C=O) groups is 1. The van der Waals surface area contributed by atoms with Crippen LogP contribution in [0.1, 0.15) is 0 Å². The van der Waals surface area contributed by atoms with Gasteiger partial charge in [-0.05, 0) is 24.3 Å². The first kappa shape index (κ1) is 17.2. The van der Waals surface area contributed by atoms with Gasteiger partial charge >= 0.3 is 0 Å². The van der Waals surface area contributed by atoms with Gasteiger partial charge in [0.05, 0.1) is 9.85 Å². The first-order chi connectivity index (χ1) is 11.4. The summed E-state index contributed by atoms with van der Waals surface area (Å²) in [5.41, 5.74) is -0.538. The molecule has 0 aliphatic rings. The van der Waals surface area contributed by atoms with E-state index in [4.69, 9.17) is 11.6 Å². The Morgan fingerprint density at radius 2 is 1.29 bits per heavy atom. The summed E-state index contributed by atoms with van der Waals surface area (Å²) < 4.78 is 0. The largest absolute Gasteiger partial charge is 0.362 e. The van der Waals surface area contributed by atoms with Crippen molar-refractivity contribution < 1.29 is 14.6 Å². The van der Waals surface area contributed by atoms with E-state index in [1.54, 1.807) is 0 Å². The van der Waals surface area contributed by atoms with Gasteiger partial charge in [0, 0.05) is 35.6 Å². The van der Waals surface area contributed by atoms with Gasteiger partial charge in [0.15, 0.2) is 5.50 Å². The van der Waals surface area contributed by atoms with Crippen molar-refractivity contribution in [3.63, 3.8) is 0 Å². The summed E-state index contributed by atoms with van der Waals surface area (Å²) in [6.07, 6.45) is 0. The number of benzene rings is 2. The van der Waals surface area contributed by atoms with Crippen LogP contribution in [0.3, 0.4) is 0 Å². The summed E-state index contributed by atoms with van der Waals surface area (Å²) in [5, 5.41) is 26.3. The van der Waals surface area contributed by atoms with Crippen molar-refractivity contribution in [3.8, 4) is 0 Å². The van der Waals surface area contributed by atoms with E-state index in [0.717, 1.165) is 0 Å². The third-order valence-electron chi connectivity index (χ3n) is 2.95. The zero-order valence-electron chi connectivity index (χ0n) is 12.0. The molecule has 0 aliphatic carbocycles. The number of carbonyl (C=O) groups excluding carboxylic acids is 1. The number of hydrogen-bond donors (Lipinski definition) is 2. The Balaban J connectivity index is 1.96. The maximum Gasteiger partial charge on any atom is 0.269 e. The van der Waals surface area contributed by atoms with E-state index in [9.17, 15) is 25.0 Å². The molecule has 0 aromatic heterocycles. The Morgan fingerprint density at radius 1 is 0.875 bits per heavy atom. The van der Waals surface area contributed by atoms with Gasteiger partial charge in [-0.2, -0.15) is 0 Å². The Hall–Kier alpha value is -3.20. The molecule has 2 aromatic carbocycles. The van der Waals surface area contributed by atoms with Crippen molar-refractivity contribution in [2.45, 2.75) is 5.50 Å². The van der Waals surface area contributed by atoms with E-state index in [2.05, 4.69) is 10.6 Å². The summed E-state index contributed by atoms with van der Waals surface area (Å²) in [5.74, 6) is -0.580. The lowest BCUT2D eigenvalue weighted by Gasteiger charge is -2.13. The maximum absolute atomic E-state index is 12.0. The number of anilines is 2. The van der Waals surface area contributed by atoms with Crippen molar-refractivity contribution in [1.82, 2.24) is 0 Å². The maximum atomic E-state index is 12.0. The third kappa shape index (κ3) is 4.40. The molecule has 1 atom stereocenters. The van der Waals surface area contributed by atoms with Crippen LogP contribution < -0.4 is 10.6 Å². The minimum absolute atomic E-state index is 0.0815. The molecule has 124 valence electrons.